The molecule has 0 heterocycles. The number of hydrogen-bond donors (Lipinski definition) is 0. The quantitative estimate of drug-likeness (QED) is 0.530. The number of nitrogens with zero attached hydrogens (tertiary/aromatic N) is 2. The van der Waals surface area contributed by atoms with E-state index in [4.69, 9.17) is 10.00 Å². The maximum atomic E-state index is 12.2. The van der Waals surface area contributed by atoms with Crippen molar-refractivity contribution in [3.63, 3.8) is 0 Å². The maximum Gasteiger partial charge on any atom is 0.331 e. The fourth-order valence-corrected chi connectivity index (χ4v) is 1.95. The van der Waals surface area contributed by atoms with Gasteiger partial charge in [0.25, 0.3) is 0 Å². The molecule has 0 aliphatic carbocycles. The number of methoxy groups -OCH3 is 1. The van der Waals surface area contributed by atoms with Gasteiger partial charge in [-0.25, -0.2) is 4.79 Å². The Morgan fingerprint density at radius 2 is 2.00 bits per heavy atom. The number of esters is 1. The van der Waals surface area contributed by atoms with Crippen LogP contribution < -0.4 is 0 Å². The molecule has 1 atom stereocenters. The van der Waals surface area contributed by atoms with Crippen LogP contribution in [0, 0.1) is 17.2 Å². The SMILES string of the molecule is C=C(C)CCN(C(=O)CC#N)C(C)(C(=O)OC)C(C)C. The van der Waals surface area contributed by atoms with Crippen molar-refractivity contribution < 1.29 is 14.3 Å². The topological polar surface area (TPSA) is 70.4 Å². The Kier molecular flexibility index (Phi) is 6.98. The first-order valence-corrected chi connectivity index (χ1v) is 6.62. The number of carbonyl (C=O) groups is 2. The van der Waals surface area contributed by atoms with Crippen molar-refractivity contribution in [2.45, 2.75) is 46.1 Å². The van der Waals surface area contributed by atoms with E-state index in [2.05, 4.69) is 6.58 Å². The Morgan fingerprint density at radius 1 is 1.45 bits per heavy atom. The fraction of sp³-hybridized carbons (Fsp3) is 0.667. The first-order chi connectivity index (χ1) is 9.21. The van der Waals surface area contributed by atoms with Crippen LogP contribution in [-0.4, -0.2) is 36.0 Å². The van der Waals surface area contributed by atoms with Gasteiger partial charge >= 0.3 is 5.97 Å². The minimum absolute atomic E-state index is 0.136. The highest BCUT2D eigenvalue weighted by Crippen LogP contribution is 2.28. The van der Waals surface area contributed by atoms with E-state index in [9.17, 15) is 9.59 Å². The van der Waals surface area contributed by atoms with Crippen LogP contribution in [0.2, 0.25) is 0 Å². The molecular weight excluding hydrogens is 256 g/mol. The minimum atomic E-state index is -1.09. The fourth-order valence-electron chi connectivity index (χ4n) is 1.95. The molecule has 0 radical (unpaired) electrons. The second-order valence-corrected chi connectivity index (χ2v) is 5.38. The van der Waals surface area contributed by atoms with Gasteiger partial charge in [0, 0.05) is 6.54 Å². The summed E-state index contributed by atoms with van der Waals surface area (Å²) in [6.45, 7) is 11.4. The second kappa shape index (κ2) is 7.68. The third-order valence-corrected chi connectivity index (χ3v) is 3.58. The van der Waals surface area contributed by atoms with E-state index < -0.39 is 11.5 Å². The van der Waals surface area contributed by atoms with Crippen LogP contribution in [-0.2, 0) is 14.3 Å². The predicted octanol–water partition coefficient (Wildman–Crippen LogP) is 2.28. The Balaban J connectivity index is 5.53. The van der Waals surface area contributed by atoms with Crippen molar-refractivity contribution in [1.29, 1.82) is 5.26 Å². The molecule has 1 unspecified atom stereocenters. The molecule has 20 heavy (non-hydrogen) atoms. The molecule has 0 spiro atoms. The van der Waals surface area contributed by atoms with Gasteiger partial charge in [-0.05, 0) is 26.2 Å². The molecule has 0 aromatic carbocycles. The summed E-state index contributed by atoms with van der Waals surface area (Å²) in [4.78, 5) is 25.8. The molecule has 0 aliphatic rings. The number of carbonyl (C=O) groups excluding carboxylic acids is 2. The molecule has 0 aromatic heterocycles. The molecule has 0 bridgehead atoms. The third kappa shape index (κ3) is 4.09. The minimum Gasteiger partial charge on any atom is -0.467 e. The summed E-state index contributed by atoms with van der Waals surface area (Å²) in [7, 11) is 1.30. The van der Waals surface area contributed by atoms with Crippen LogP contribution in [0.5, 0.6) is 0 Å². The standard InChI is InChI=1S/C15H24N2O3/c1-11(2)8-10-17(13(18)7-9-16)15(5,12(3)4)14(19)20-6/h12H,1,7-8,10H2,2-6H3. The zero-order valence-corrected chi connectivity index (χ0v) is 13.0. The molecule has 0 fully saturated rings. The summed E-state index contributed by atoms with van der Waals surface area (Å²) < 4.78 is 4.85. The van der Waals surface area contributed by atoms with Crippen molar-refractivity contribution in [1.82, 2.24) is 4.90 Å². The van der Waals surface area contributed by atoms with Gasteiger partial charge in [-0.15, -0.1) is 6.58 Å². The number of ether oxygens (including phenoxy) is 1. The summed E-state index contributed by atoms with van der Waals surface area (Å²) in [5.41, 5.74) is -0.172. The average molecular weight is 280 g/mol. The van der Waals surface area contributed by atoms with E-state index in [1.54, 1.807) is 6.92 Å². The van der Waals surface area contributed by atoms with Gasteiger partial charge < -0.3 is 9.64 Å². The summed E-state index contributed by atoms with van der Waals surface area (Å²) in [5.74, 6) is -0.974. The molecule has 1 amide bonds. The Hall–Kier alpha value is -1.83. The van der Waals surface area contributed by atoms with Crippen molar-refractivity contribution in [2.24, 2.45) is 5.92 Å². The predicted molar refractivity (Wildman–Crippen MR) is 76.6 cm³/mol. The average Bonchev–Trinajstić information content (AvgIpc) is 2.37. The molecule has 5 nitrogen and oxygen atoms in total. The van der Waals surface area contributed by atoms with E-state index in [0.717, 1.165) is 5.57 Å². The van der Waals surface area contributed by atoms with Crippen LogP contribution in [0.15, 0.2) is 12.2 Å². The highest BCUT2D eigenvalue weighted by Gasteiger charge is 2.45. The Bertz CT molecular complexity index is 423. The van der Waals surface area contributed by atoms with Gasteiger partial charge in [0.05, 0.1) is 13.2 Å². The van der Waals surface area contributed by atoms with E-state index in [1.807, 2.05) is 26.8 Å². The molecular formula is C15H24N2O3. The first kappa shape index (κ1) is 18.2. The van der Waals surface area contributed by atoms with Gasteiger partial charge in [-0.1, -0.05) is 19.4 Å². The number of hydrogen-bond acceptors (Lipinski definition) is 4. The largest absolute Gasteiger partial charge is 0.467 e. The van der Waals surface area contributed by atoms with Crippen LogP contribution in [0.3, 0.4) is 0 Å². The molecule has 112 valence electrons. The number of nitriles is 1. The third-order valence-electron chi connectivity index (χ3n) is 3.58. The summed E-state index contributed by atoms with van der Waals surface area (Å²) in [6, 6.07) is 1.84. The lowest BCUT2D eigenvalue weighted by Gasteiger charge is -2.41. The van der Waals surface area contributed by atoms with Crippen molar-refractivity contribution in [3.8, 4) is 6.07 Å². The van der Waals surface area contributed by atoms with Crippen molar-refractivity contribution >= 4 is 11.9 Å². The van der Waals surface area contributed by atoms with E-state index >= 15 is 0 Å². The highest BCUT2D eigenvalue weighted by molar-refractivity contribution is 5.88. The van der Waals surface area contributed by atoms with Gasteiger partial charge in [0.15, 0.2) is 0 Å². The second-order valence-electron chi connectivity index (χ2n) is 5.38. The first-order valence-electron chi connectivity index (χ1n) is 6.62. The zero-order valence-electron chi connectivity index (χ0n) is 13.0. The maximum absolute atomic E-state index is 12.2. The van der Waals surface area contributed by atoms with Gasteiger partial charge in [-0.3, -0.25) is 4.79 Å². The molecule has 0 saturated heterocycles. The summed E-state index contributed by atoms with van der Waals surface area (Å²) in [5, 5.41) is 8.73. The molecule has 0 aromatic rings. The monoisotopic (exact) mass is 280 g/mol. The number of amides is 1. The van der Waals surface area contributed by atoms with Crippen molar-refractivity contribution in [2.75, 3.05) is 13.7 Å². The molecule has 0 aliphatic heterocycles. The van der Waals surface area contributed by atoms with Gasteiger partial charge in [-0.2, -0.15) is 5.26 Å². The Labute approximate surface area is 121 Å². The lowest BCUT2D eigenvalue weighted by Crippen LogP contribution is -2.59. The smallest absolute Gasteiger partial charge is 0.331 e. The van der Waals surface area contributed by atoms with Crippen molar-refractivity contribution in [3.05, 3.63) is 12.2 Å². The van der Waals surface area contributed by atoms with E-state index in [-0.39, 0.29) is 18.2 Å². The molecule has 0 saturated carbocycles. The molecule has 0 rings (SSSR count). The normalized spacial score (nSPS) is 13.2. The molecule has 0 N–H and O–H groups in total. The number of rotatable bonds is 7. The lowest BCUT2D eigenvalue weighted by atomic mass is 9.85. The molecule has 5 heteroatoms. The van der Waals surface area contributed by atoms with Crippen LogP contribution in [0.25, 0.3) is 0 Å². The Morgan fingerprint density at radius 3 is 2.35 bits per heavy atom. The van der Waals surface area contributed by atoms with Crippen LogP contribution >= 0.6 is 0 Å². The van der Waals surface area contributed by atoms with E-state index in [1.165, 1.54) is 12.0 Å². The van der Waals surface area contributed by atoms with E-state index in [0.29, 0.717) is 13.0 Å². The highest BCUT2D eigenvalue weighted by atomic mass is 16.5. The van der Waals surface area contributed by atoms with Crippen LogP contribution in [0.1, 0.15) is 40.5 Å². The van der Waals surface area contributed by atoms with Crippen LogP contribution in [0.4, 0.5) is 0 Å². The lowest BCUT2D eigenvalue weighted by molar-refractivity contribution is -0.164. The summed E-state index contributed by atoms with van der Waals surface area (Å²) >= 11 is 0. The zero-order chi connectivity index (χ0) is 15.9. The summed E-state index contributed by atoms with van der Waals surface area (Å²) in [6.07, 6.45) is 0.325. The van der Waals surface area contributed by atoms with Gasteiger partial charge in [0.1, 0.15) is 12.0 Å². The van der Waals surface area contributed by atoms with Gasteiger partial charge in [0.2, 0.25) is 5.91 Å².